The van der Waals surface area contributed by atoms with Gasteiger partial charge < -0.3 is 5.32 Å². The minimum atomic E-state index is -0.539. The van der Waals surface area contributed by atoms with Gasteiger partial charge >= 0.3 is 6.03 Å². The molecule has 3 amide bonds. The minimum absolute atomic E-state index is 0.291. The van der Waals surface area contributed by atoms with E-state index in [2.05, 4.69) is 10.6 Å². The van der Waals surface area contributed by atoms with Crippen LogP contribution in [0.15, 0.2) is 24.3 Å². The number of carbonyl (C=O) groups excluding carboxylic acids is 2. The van der Waals surface area contributed by atoms with Crippen LogP contribution < -0.4 is 10.6 Å². The summed E-state index contributed by atoms with van der Waals surface area (Å²) in [5.41, 5.74) is 1.88. The van der Waals surface area contributed by atoms with E-state index in [1.165, 1.54) is 0 Å². The molecule has 1 aromatic rings. The largest absolute Gasteiger partial charge is 0.322 e. The quantitative estimate of drug-likeness (QED) is 0.646. The van der Waals surface area contributed by atoms with Crippen LogP contribution in [0.3, 0.4) is 0 Å². The van der Waals surface area contributed by atoms with Gasteiger partial charge in [-0.05, 0) is 12.5 Å². The number of benzene rings is 1. The standard InChI is InChI=1S/C10H10N2O2/c1-6-3-2-4-7(5-6)8-9(13)12-10(14)11-8/h2-5,8H,1H3,(H2,11,12,13,14)/t8-/m0/s1. The molecule has 0 radical (unpaired) electrons. The first kappa shape index (κ1) is 8.74. The normalized spacial score (nSPS) is 20.5. The summed E-state index contributed by atoms with van der Waals surface area (Å²) in [5.74, 6) is -0.291. The lowest BCUT2D eigenvalue weighted by atomic mass is 10.1. The molecule has 4 nitrogen and oxygen atoms in total. The third kappa shape index (κ3) is 1.46. The predicted molar refractivity (Wildman–Crippen MR) is 50.6 cm³/mol. The van der Waals surface area contributed by atoms with Gasteiger partial charge in [-0.25, -0.2) is 4.79 Å². The zero-order valence-corrected chi connectivity index (χ0v) is 7.70. The van der Waals surface area contributed by atoms with Crippen LogP contribution >= 0.6 is 0 Å². The minimum Gasteiger partial charge on any atom is -0.322 e. The molecular formula is C10H10N2O2. The zero-order chi connectivity index (χ0) is 10.1. The topological polar surface area (TPSA) is 58.2 Å². The van der Waals surface area contributed by atoms with Crippen LogP contribution in [0.4, 0.5) is 4.79 Å². The molecular weight excluding hydrogens is 180 g/mol. The molecule has 1 fully saturated rings. The Morgan fingerprint density at radius 3 is 2.64 bits per heavy atom. The molecule has 1 saturated heterocycles. The fraction of sp³-hybridized carbons (Fsp3) is 0.200. The highest BCUT2D eigenvalue weighted by Gasteiger charge is 2.30. The van der Waals surface area contributed by atoms with Gasteiger partial charge in [0.1, 0.15) is 6.04 Å². The second kappa shape index (κ2) is 3.14. The van der Waals surface area contributed by atoms with Gasteiger partial charge in [-0.15, -0.1) is 0 Å². The molecule has 1 aromatic carbocycles. The van der Waals surface area contributed by atoms with Crippen molar-refractivity contribution >= 4 is 11.9 Å². The Kier molecular flexibility index (Phi) is 1.96. The Bertz CT molecular complexity index is 401. The lowest BCUT2D eigenvalue weighted by Gasteiger charge is -2.07. The number of rotatable bonds is 1. The van der Waals surface area contributed by atoms with Crippen molar-refractivity contribution in [3.05, 3.63) is 35.4 Å². The fourth-order valence-corrected chi connectivity index (χ4v) is 1.50. The Balaban J connectivity index is 2.31. The molecule has 1 atom stereocenters. The number of amides is 3. The van der Waals surface area contributed by atoms with Gasteiger partial charge in [0.25, 0.3) is 5.91 Å². The summed E-state index contributed by atoms with van der Waals surface area (Å²) >= 11 is 0. The third-order valence-corrected chi connectivity index (χ3v) is 2.15. The van der Waals surface area contributed by atoms with Crippen molar-refractivity contribution in [3.8, 4) is 0 Å². The highest BCUT2D eigenvalue weighted by atomic mass is 16.2. The van der Waals surface area contributed by atoms with E-state index in [1.807, 2.05) is 31.2 Å². The average Bonchev–Trinajstić information content (AvgIpc) is 2.45. The van der Waals surface area contributed by atoms with E-state index in [1.54, 1.807) is 0 Å². The third-order valence-electron chi connectivity index (χ3n) is 2.15. The van der Waals surface area contributed by atoms with Crippen molar-refractivity contribution in [2.75, 3.05) is 0 Å². The number of hydrogen-bond donors (Lipinski definition) is 2. The maximum atomic E-state index is 11.3. The number of nitrogens with one attached hydrogen (secondary N) is 2. The maximum absolute atomic E-state index is 11.3. The molecule has 0 saturated carbocycles. The molecule has 14 heavy (non-hydrogen) atoms. The van der Waals surface area contributed by atoms with Gasteiger partial charge in [0.2, 0.25) is 0 Å². The Morgan fingerprint density at radius 1 is 1.29 bits per heavy atom. The average molecular weight is 190 g/mol. The van der Waals surface area contributed by atoms with Crippen molar-refractivity contribution in [3.63, 3.8) is 0 Å². The summed E-state index contributed by atoms with van der Waals surface area (Å²) in [6.45, 7) is 1.94. The fourth-order valence-electron chi connectivity index (χ4n) is 1.50. The number of imide groups is 1. The van der Waals surface area contributed by atoms with Crippen LogP contribution in [0.2, 0.25) is 0 Å². The molecule has 0 bridgehead atoms. The summed E-state index contributed by atoms with van der Waals surface area (Å²) in [7, 11) is 0. The van der Waals surface area contributed by atoms with Crippen LogP contribution in [-0.4, -0.2) is 11.9 Å². The summed E-state index contributed by atoms with van der Waals surface area (Å²) < 4.78 is 0. The van der Waals surface area contributed by atoms with Crippen LogP contribution in [0.5, 0.6) is 0 Å². The molecule has 2 rings (SSSR count). The lowest BCUT2D eigenvalue weighted by Crippen LogP contribution is -2.22. The Hall–Kier alpha value is -1.84. The molecule has 1 heterocycles. The maximum Gasteiger partial charge on any atom is 0.322 e. The van der Waals surface area contributed by atoms with E-state index in [0.717, 1.165) is 11.1 Å². The number of aryl methyl sites for hydroxylation is 1. The molecule has 0 aliphatic carbocycles. The summed E-state index contributed by atoms with van der Waals surface area (Å²) in [6.07, 6.45) is 0. The van der Waals surface area contributed by atoms with Gasteiger partial charge in [0, 0.05) is 0 Å². The Morgan fingerprint density at radius 2 is 2.07 bits per heavy atom. The number of carbonyl (C=O) groups is 2. The van der Waals surface area contributed by atoms with E-state index < -0.39 is 12.1 Å². The smallest absolute Gasteiger partial charge is 0.322 e. The summed E-state index contributed by atoms with van der Waals surface area (Å²) in [6, 6.07) is 6.54. The summed E-state index contributed by atoms with van der Waals surface area (Å²) in [4.78, 5) is 22.2. The number of hydrogen-bond acceptors (Lipinski definition) is 2. The molecule has 0 aromatic heterocycles. The van der Waals surface area contributed by atoms with E-state index in [-0.39, 0.29) is 5.91 Å². The van der Waals surface area contributed by atoms with Crippen LogP contribution in [0.1, 0.15) is 17.2 Å². The second-order valence-corrected chi connectivity index (χ2v) is 3.31. The number of urea groups is 1. The van der Waals surface area contributed by atoms with Crippen molar-refractivity contribution in [1.29, 1.82) is 0 Å². The second-order valence-electron chi connectivity index (χ2n) is 3.31. The van der Waals surface area contributed by atoms with Crippen LogP contribution in [-0.2, 0) is 4.79 Å². The molecule has 1 aliphatic heterocycles. The summed E-state index contributed by atoms with van der Waals surface area (Å²) in [5, 5.41) is 4.74. The van der Waals surface area contributed by atoms with Gasteiger partial charge in [-0.3, -0.25) is 10.1 Å². The van der Waals surface area contributed by atoms with E-state index in [9.17, 15) is 9.59 Å². The SMILES string of the molecule is Cc1cccc([C@@H]2NC(=O)NC2=O)c1. The van der Waals surface area contributed by atoms with Crippen molar-refractivity contribution in [2.45, 2.75) is 13.0 Å². The first-order valence-electron chi connectivity index (χ1n) is 4.35. The van der Waals surface area contributed by atoms with Crippen molar-refractivity contribution in [1.82, 2.24) is 10.6 Å². The van der Waals surface area contributed by atoms with Crippen molar-refractivity contribution < 1.29 is 9.59 Å². The molecule has 0 spiro atoms. The molecule has 72 valence electrons. The highest BCUT2D eigenvalue weighted by molar-refractivity contribution is 6.04. The zero-order valence-electron chi connectivity index (χ0n) is 7.70. The van der Waals surface area contributed by atoms with Crippen molar-refractivity contribution in [2.24, 2.45) is 0 Å². The van der Waals surface area contributed by atoms with Gasteiger partial charge in [0.05, 0.1) is 0 Å². The molecule has 4 heteroatoms. The van der Waals surface area contributed by atoms with E-state index >= 15 is 0 Å². The van der Waals surface area contributed by atoms with E-state index in [0.29, 0.717) is 0 Å². The van der Waals surface area contributed by atoms with Gasteiger partial charge in [-0.1, -0.05) is 29.8 Å². The van der Waals surface area contributed by atoms with Gasteiger partial charge in [-0.2, -0.15) is 0 Å². The first-order chi connectivity index (χ1) is 6.66. The predicted octanol–water partition coefficient (Wildman–Crippen LogP) is 0.876. The monoisotopic (exact) mass is 190 g/mol. The lowest BCUT2D eigenvalue weighted by molar-refractivity contribution is -0.120. The molecule has 1 aliphatic rings. The van der Waals surface area contributed by atoms with Crippen LogP contribution in [0, 0.1) is 6.92 Å². The Labute approximate surface area is 81.3 Å². The molecule has 2 N–H and O–H groups in total. The van der Waals surface area contributed by atoms with E-state index in [4.69, 9.17) is 0 Å². The van der Waals surface area contributed by atoms with Gasteiger partial charge in [0.15, 0.2) is 0 Å². The molecule has 0 unspecified atom stereocenters. The first-order valence-corrected chi connectivity index (χ1v) is 4.35. The highest BCUT2D eigenvalue weighted by Crippen LogP contribution is 2.17. The van der Waals surface area contributed by atoms with Crippen LogP contribution in [0.25, 0.3) is 0 Å².